The number of rotatable bonds is 4. The van der Waals surface area contributed by atoms with Gasteiger partial charge in [-0.05, 0) is 44.5 Å². The lowest BCUT2D eigenvalue weighted by Gasteiger charge is -2.07. The fourth-order valence-corrected chi connectivity index (χ4v) is 1.43. The van der Waals surface area contributed by atoms with Crippen LogP contribution in [0.2, 0.25) is 0 Å². The SMILES string of the molecule is CCCC(C)=C(C)C(=O)Oc1ccc(O)cc1. The van der Waals surface area contributed by atoms with Crippen LogP contribution >= 0.6 is 0 Å². The number of carbonyl (C=O) groups excluding carboxylic acids is 1. The number of hydrogen-bond donors (Lipinski definition) is 1. The molecule has 0 heterocycles. The van der Waals surface area contributed by atoms with Gasteiger partial charge < -0.3 is 9.84 Å². The molecule has 0 unspecified atom stereocenters. The number of ether oxygens (including phenoxy) is 1. The summed E-state index contributed by atoms with van der Waals surface area (Å²) in [5.41, 5.74) is 1.70. The van der Waals surface area contributed by atoms with Gasteiger partial charge in [0.05, 0.1) is 0 Å². The molecule has 0 spiro atoms. The van der Waals surface area contributed by atoms with Gasteiger partial charge in [0.2, 0.25) is 0 Å². The summed E-state index contributed by atoms with van der Waals surface area (Å²) in [6.07, 6.45) is 1.91. The largest absolute Gasteiger partial charge is 0.508 e. The lowest BCUT2D eigenvalue weighted by Crippen LogP contribution is -2.10. The van der Waals surface area contributed by atoms with E-state index < -0.39 is 0 Å². The summed E-state index contributed by atoms with van der Waals surface area (Å²) in [4.78, 5) is 11.8. The van der Waals surface area contributed by atoms with Crippen molar-refractivity contribution >= 4 is 5.97 Å². The number of carbonyl (C=O) groups is 1. The molecule has 0 saturated carbocycles. The second kappa shape index (κ2) is 6.09. The molecular formula is C14H18O3. The van der Waals surface area contributed by atoms with Crippen LogP contribution in [0.4, 0.5) is 0 Å². The van der Waals surface area contributed by atoms with E-state index in [4.69, 9.17) is 9.84 Å². The Bertz CT molecular complexity index is 416. The molecule has 0 aromatic heterocycles. The normalized spacial score (nSPS) is 11.9. The van der Waals surface area contributed by atoms with Crippen molar-refractivity contribution in [3.8, 4) is 11.5 Å². The molecule has 1 aromatic rings. The van der Waals surface area contributed by atoms with Crippen molar-refractivity contribution in [1.82, 2.24) is 0 Å². The molecule has 1 aromatic carbocycles. The van der Waals surface area contributed by atoms with Crippen LogP contribution in [0.1, 0.15) is 33.6 Å². The van der Waals surface area contributed by atoms with Crippen LogP contribution in [-0.2, 0) is 4.79 Å². The predicted octanol–water partition coefficient (Wildman–Crippen LogP) is 3.43. The summed E-state index contributed by atoms with van der Waals surface area (Å²) in [5.74, 6) is 0.261. The molecule has 92 valence electrons. The van der Waals surface area contributed by atoms with E-state index in [1.165, 1.54) is 12.1 Å². The molecular weight excluding hydrogens is 216 g/mol. The van der Waals surface area contributed by atoms with Gasteiger partial charge in [0.15, 0.2) is 0 Å². The molecule has 0 atom stereocenters. The van der Waals surface area contributed by atoms with E-state index in [1.807, 2.05) is 6.92 Å². The topological polar surface area (TPSA) is 46.5 Å². The number of phenols is 1. The lowest BCUT2D eigenvalue weighted by molar-refractivity contribution is -0.130. The molecule has 0 amide bonds. The first-order chi connectivity index (χ1) is 8.04. The third kappa shape index (κ3) is 3.94. The van der Waals surface area contributed by atoms with E-state index in [0.29, 0.717) is 11.3 Å². The highest BCUT2D eigenvalue weighted by atomic mass is 16.5. The minimum Gasteiger partial charge on any atom is -0.508 e. The zero-order chi connectivity index (χ0) is 12.8. The highest BCUT2D eigenvalue weighted by molar-refractivity contribution is 5.90. The minimum absolute atomic E-state index is 0.152. The monoisotopic (exact) mass is 234 g/mol. The summed E-state index contributed by atoms with van der Waals surface area (Å²) in [5, 5.41) is 9.11. The zero-order valence-electron chi connectivity index (χ0n) is 10.5. The van der Waals surface area contributed by atoms with Gasteiger partial charge in [0.1, 0.15) is 11.5 Å². The summed E-state index contributed by atoms with van der Waals surface area (Å²) < 4.78 is 5.19. The summed E-state index contributed by atoms with van der Waals surface area (Å²) in [6.45, 7) is 5.78. The van der Waals surface area contributed by atoms with Crippen molar-refractivity contribution in [1.29, 1.82) is 0 Å². The second-order valence-corrected chi connectivity index (χ2v) is 4.04. The van der Waals surface area contributed by atoms with Crippen LogP contribution in [0.3, 0.4) is 0 Å². The van der Waals surface area contributed by atoms with Gasteiger partial charge in [-0.25, -0.2) is 4.79 Å². The third-order valence-electron chi connectivity index (χ3n) is 2.62. The van der Waals surface area contributed by atoms with Gasteiger partial charge in [-0.3, -0.25) is 0 Å². The van der Waals surface area contributed by atoms with Crippen molar-refractivity contribution in [2.75, 3.05) is 0 Å². The van der Waals surface area contributed by atoms with Gasteiger partial charge >= 0.3 is 5.97 Å². The molecule has 1 rings (SSSR count). The first-order valence-corrected chi connectivity index (χ1v) is 5.72. The number of phenolic OH excluding ortho intramolecular Hbond substituents is 1. The Morgan fingerprint density at radius 2 is 1.82 bits per heavy atom. The quantitative estimate of drug-likeness (QED) is 0.493. The lowest BCUT2D eigenvalue weighted by atomic mass is 10.1. The van der Waals surface area contributed by atoms with Crippen LogP contribution < -0.4 is 4.74 Å². The van der Waals surface area contributed by atoms with E-state index in [2.05, 4.69) is 6.92 Å². The predicted molar refractivity (Wildman–Crippen MR) is 67.0 cm³/mol. The van der Waals surface area contributed by atoms with Gasteiger partial charge in [0, 0.05) is 5.57 Å². The zero-order valence-corrected chi connectivity index (χ0v) is 10.5. The van der Waals surface area contributed by atoms with Gasteiger partial charge in [-0.15, -0.1) is 0 Å². The molecule has 0 saturated heterocycles. The van der Waals surface area contributed by atoms with E-state index in [9.17, 15) is 4.79 Å². The summed E-state index contributed by atoms with van der Waals surface area (Å²) >= 11 is 0. The smallest absolute Gasteiger partial charge is 0.339 e. The van der Waals surface area contributed by atoms with Crippen molar-refractivity contribution in [3.63, 3.8) is 0 Å². The molecule has 0 aliphatic rings. The average Bonchev–Trinajstić information content (AvgIpc) is 2.31. The molecule has 17 heavy (non-hydrogen) atoms. The van der Waals surface area contributed by atoms with Gasteiger partial charge in [-0.2, -0.15) is 0 Å². The Morgan fingerprint density at radius 1 is 1.24 bits per heavy atom. The average molecular weight is 234 g/mol. The summed E-state index contributed by atoms with van der Waals surface area (Å²) in [6, 6.07) is 6.10. The van der Waals surface area contributed by atoms with E-state index in [1.54, 1.807) is 19.1 Å². The Hall–Kier alpha value is -1.77. The molecule has 0 bridgehead atoms. The molecule has 3 nitrogen and oxygen atoms in total. The Kier molecular flexibility index (Phi) is 4.76. The van der Waals surface area contributed by atoms with E-state index >= 15 is 0 Å². The van der Waals surface area contributed by atoms with Crippen LogP contribution in [0.5, 0.6) is 11.5 Å². The number of esters is 1. The standard InChI is InChI=1S/C14H18O3/c1-4-5-10(2)11(3)14(16)17-13-8-6-12(15)7-9-13/h6-9,15H,4-5H2,1-3H3. The van der Waals surface area contributed by atoms with Crippen LogP contribution in [0.25, 0.3) is 0 Å². The highest BCUT2D eigenvalue weighted by Crippen LogP contribution is 2.18. The second-order valence-electron chi connectivity index (χ2n) is 4.04. The minimum atomic E-state index is -0.332. The summed E-state index contributed by atoms with van der Waals surface area (Å²) in [7, 11) is 0. The fraction of sp³-hybridized carbons (Fsp3) is 0.357. The first kappa shape index (κ1) is 13.3. The van der Waals surface area contributed by atoms with Crippen molar-refractivity contribution < 1.29 is 14.6 Å². The Morgan fingerprint density at radius 3 is 2.35 bits per heavy atom. The number of allylic oxidation sites excluding steroid dienone is 1. The van der Waals surface area contributed by atoms with Gasteiger partial charge in [0.25, 0.3) is 0 Å². The maximum Gasteiger partial charge on any atom is 0.339 e. The molecule has 0 aliphatic carbocycles. The maximum absolute atomic E-state index is 11.8. The van der Waals surface area contributed by atoms with E-state index in [-0.39, 0.29) is 11.7 Å². The fourth-order valence-electron chi connectivity index (χ4n) is 1.43. The van der Waals surface area contributed by atoms with Crippen molar-refractivity contribution in [3.05, 3.63) is 35.4 Å². The number of benzene rings is 1. The molecule has 1 N–H and O–H groups in total. The highest BCUT2D eigenvalue weighted by Gasteiger charge is 2.10. The Labute approximate surface area is 102 Å². The number of aromatic hydroxyl groups is 1. The van der Waals surface area contributed by atoms with Crippen molar-refractivity contribution in [2.45, 2.75) is 33.6 Å². The molecule has 0 radical (unpaired) electrons. The first-order valence-electron chi connectivity index (χ1n) is 5.72. The molecule has 0 fully saturated rings. The third-order valence-corrected chi connectivity index (χ3v) is 2.62. The van der Waals surface area contributed by atoms with Crippen LogP contribution in [-0.4, -0.2) is 11.1 Å². The molecule has 3 heteroatoms. The Balaban J connectivity index is 2.72. The van der Waals surface area contributed by atoms with Crippen molar-refractivity contribution in [2.24, 2.45) is 0 Å². The molecule has 0 aliphatic heterocycles. The van der Waals surface area contributed by atoms with Crippen LogP contribution in [0.15, 0.2) is 35.4 Å². The number of hydrogen-bond acceptors (Lipinski definition) is 3. The van der Waals surface area contributed by atoms with Crippen LogP contribution in [0, 0.1) is 0 Å². The maximum atomic E-state index is 11.8. The van der Waals surface area contributed by atoms with Gasteiger partial charge in [-0.1, -0.05) is 18.9 Å². The van der Waals surface area contributed by atoms with E-state index in [0.717, 1.165) is 18.4 Å².